The Hall–Kier alpha value is -1.68. The topological polar surface area (TPSA) is 65.5 Å². The van der Waals surface area contributed by atoms with E-state index in [1.54, 1.807) is 30.5 Å². The number of nitrogens with zero attached hydrogens (tertiary/aromatic N) is 1. The van der Waals surface area contributed by atoms with E-state index in [2.05, 4.69) is 45.4 Å². The Kier molecular flexibility index (Phi) is 11.7. The first-order valence-electron chi connectivity index (χ1n) is 9.05. The van der Waals surface area contributed by atoms with Crippen molar-refractivity contribution in [3.8, 4) is 0 Å². The van der Waals surface area contributed by atoms with Gasteiger partial charge < -0.3 is 16.0 Å². The van der Waals surface area contributed by atoms with Gasteiger partial charge in [0.25, 0.3) is 0 Å². The molecular weight excluding hydrogens is 490 g/mol. The van der Waals surface area contributed by atoms with Crippen LogP contribution in [0.4, 0.5) is 4.39 Å². The first-order valence-corrected chi connectivity index (χ1v) is 9.93. The molecule has 1 heterocycles. The van der Waals surface area contributed by atoms with E-state index >= 15 is 0 Å². The first kappa shape index (κ1) is 24.4. The molecular formula is C20H28FIN4OS. The van der Waals surface area contributed by atoms with E-state index < -0.39 is 0 Å². The van der Waals surface area contributed by atoms with Gasteiger partial charge in [0.2, 0.25) is 5.91 Å². The monoisotopic (exact) mass is 518 g/mol. The fourth-order valence-electron chi connectivity index (χ4n) is 2.57. The Morgan fingerprint density at radius 2 is 1.86 bits per heavy atom. The van der Waals surface area contributed by atoms with Crippen LogP contribution in [0.15, 0.2) is 46.8 Å². The summed E-state index contributed by atoms with van der Waals surface area (Å²) >= 11 is 1.78. The molecule has 1 unspecified atom stereocenters. The van der Waals surface area contributed by atoms with Crippen LogP contribution in [0.2, 0.25) is 0 Å². The highest BCUT2D eigenvalue weighted by Crippen LogP contribution is 2.13. The lowest BCUT2D eigenvalue weighted by Crippen LogP contribution is -2.43. The van der Waals surface area contributed by atoms with Gasteiger partial charge >= 0.3 is 0 Å². The highest BCUT2D eigenvalue weighted by atomic mass is 127. The van der Waals surface area contributed by atoms with Crippen molar-refractivity contribution in [3.05, 3.63) is 58.0 Å². The number of carbonyl (C=O) groups is 1. The molecule has 8 heteroatoms. The largest absolute Gasteiger partial charge is 0.356 e. The number of hydrogen-bond donors (Lipinski definition) is 3. The molecule has 1 amide bonds. The van der Waals surface area contributed by atoms with Gasteiger partial charge in [-0.05, 0) is 41.5 Å². The molecule has 0 saturated carbocycles. The summed E-state index contributed by atoms with van der Waals surface area (Å²) in [5.41, 5.74) is 0.791. The average Bonchev–Trinajstić information content (AvgIpc) is 3.16. The Morgan fingerprint density at radius 3 is 2.50 bits per heavy atom. The fourth-order valence-corrected chi connectivity index (χ4v) is 3.44. The van der Waals surface area contributed by atoms with Crippen molar-refractivity contribution in [2.24, 2.45) is 10.9 Å². The first-order chi connectivity index (χ1) is 13.1. The van der Waals surface area contributed by atoms with E-state index in [-0.39, 0.29) is 42.1 Å². The molecule has 1 aromatic heterocycles. The SMILES string of the molecule is CN=C(NCCNC(=O)Cc1ccc(F)cc1)NCC(C)Cc1cccs1.I. The minimum absolute atomic E-state index is 0. The molecule has 0 spiro atoms. The van der Waals surface area contributed by atoms with E-state index in [1.807, 2.05) is 0 Å². The maximum atomic E-state index is 12.9. The van der Waals surface area contributed by atoms with Crippen molar-refractivity contribution in [1.29, 1.82) is 0 Å². The number of guanidine groups is 1. The average molecular weight is 518 g/mol. The van der Waals surface area contributed by atoms with Gasteiger partial charge in [-0.3, -0.25) is 9.79 Å². The van der Waals surface area contributed by atoms with Crippen molar-refractivity contribution < 1.29 is 9.18 Å². The highest BCUT2D eigenvalue weighted by molar-refractivity contribution is 14.0. The van der Waals surface area contributed by atoms with Crippen molar-refractivity contribution in [2.45, 2.75) is 19.8 Å². The van der Waals surface area contributed by atoms with Gasteiger partial charge in [0, 0.05) is 31.6 Å². The number of benzene rings is 1. The number of rotatable bonds is 9. The van der Waals surface area contributed by atoms with Gasteiger partial charge in [0.05, 0.1) is 6.42 Å². The van der Waals surface area contributed by atoms with Crippen LogP contribution in [0.5, 0.6) is 0 Å². The zero-order chi connectivity index (χ0) is 19.5. The Balaban J connectivity index is 0.00000392. The molecule has 0 radical (unpaired) electrons. The van der Waals surface area contributed by atoms with Crippen LogP contribution in [0.1, 0.15) is 17.4 Å². The molecule has 5 nitrogen and oxygen atoms in total. The molecule has 0 aliphatic heterocycles. The summed E-state index contributed by atoms with van der Waals surface area (Å²) in [6.45, 7) is 4.10. The normalized spacial score (nSPS) is 12.0. The molecule has 0 aliphatic rings. The standard InChI is InChI=1S/C20H27FN4OS.HI/c1-15(12-18-4-3-11-27-18)14-25-20(22-2)24-10-9-23-19(26)13-16-5-7-17(21)8-6-16;/h3-8,11,15H,9-10,12-14H2,1-2H3,(H,23,26)(H2,22,24,25);1H. The maximum absolute atomic E-state index is 12.9. The lowest BCUT2D eigenvalue weighted by Gasteiger charge is -2.15. The van der Waals surface area contributed by atoms with Crippen molar-refractivity contribution >= 4 is 47.2 Å². The summed E-state index contributed by atoms with van der Waals surface area (Å²) in [6, 6.07) is 10.2. The van der Waals surface area contributed by atoms with Crippen LogP contribution in [0.3, 0.4) is 0 Å². The third-order valence-corrected chi connectivity index (χ3v) is 4.89. The molecule has 0 fully saturated rings. The van der Waals surface area contributed by atoms with Gasteiger partial charge in [-0.25, -0.2) is 4.39 Å². The van der Waals surface area contributed by atoms with Crippen molar-refractivity contribution in [3.63, 3.8) is 0 Å². The van der Waals surface area contributed by atoms with E-state index in [1.165, 1.54) is 17.0 Å². The zero-order valence-corrected chi connectivity index (χ0v) is 19.4. The summed E-state index contributed by atoms with van der Waals surface area (Å²) < 4.78 is 12.9. The molecule has 154 valence electrons. The van der Waals surface area contributed by atoms with Gasteiger partial charge in [0.15, 0.2) is 5.96 Å². The summed E-state index contributed by atoms with van der Waals surface area (Å²) in [7, 11) is 1.73. The highest BCUT2D eigenvalue weighted by Gasteiger charge is 2.07. The number of carbonyl (C=O) groups excluding carboxylic acids is 1. The van der Waals surface area contributed by atoms with Crippen LogP contribution in [0, 0.1) is 11.7 Å². The van der Waals surface area contributed by atoms with Crippen LogP contribution in [-0.2, 0) is 17.6 Å². The predicted octanol–water partition coefficient (Wildman–Crippen LogP) is 3.21. The molecule has 1 aromatic carbocycles. The molecule has 2 aromatic rings. The Bertz CT molecular complexity index is 722. The lowest BCUT2D eigenvalue weighted by molar-refractivity contribution is -0.120. The minimum Gasteiger partial charge on any atom is -0.356 e. The fraction of sp³-hybridized carbons (Fsp3) is 0.400. The van der Waals surface area contributed by atoms with Crippen molar-refractivity contribution in [1.82, 2.24) is 16.0 Å². The summed E-state index contributed by atoms with van der Waals surface area (Å²) in [6.07, 6.45) is 1.29. The van der Waals surface area contributed by atoms with E-state index in [4.69, 9.17) is 0 Å². The zero-order valence-electron chi connectivity index (χ0n) is 16.2. The number of hydrogen-bond acceptors (Lipinski definition) is 3. The maximum Gasteiger partial charge on any atom is 0.224 e. The van der Waals surface area contributed by atoms with E-state index in [9.17, 15) is 9.18 Å². The number of amides is 1. The third kappa shape index (κ3) is 9.50. The Labute approximate surface area is 187 Å². The van der Waals surface area contributed by atoms with E-state index in [0.717, 1.165) is 24.5 Å². The smallest absolute Gasteiger partial charge is 0.224 e. The second-order valence-corrected chi connectivity index (χ2v) is 7.45. The van der Waals surface area contributed by atoms with E-state index in [0.29, 0.717) is 19.0 Å². The van der Waals surface area contributed by atoms with Crippen LogP contribution < -0.4 is 16.0 Å². The molecule has 28 heavy (non-hydrogen) atoms. The van der Waals surface area contributed by atoms with Gasteiger partial charge in [0.1, 0.15) is 5.82 Å². The van der Waals surface area contributed by atoms with Crippen LogP contribution in [-0.4, -0.2) is 38.5 Å². The van der Waals surface area contributed by atoms with Crippen molar-refractivity contribution in [2.75, 3.05) is 26.7 Å². The summed E-state index contributed by atoms with van der Waals surface area (Å²) in [4.78, 5) is 17.5. The molecule has 0 bridgehead atoms. The van der Waals surface area contributed by atoms with Gasteiger partial charge in [-0.15, -0.1) is 35.3 Å². The summed E-state index contributed by atoms with van der Waals surface area (Å²) in [5, 5.41) is 11.4. The second kappa shape index (κ2) is 13.5. The number of aliphatic imine (C=N–C) groups is 1. The molecule has 0 aliphatic carbocycles. The lowest BCUT2D eigenvalue weighted by atomic mass is 10.1. The molecule has 0 saturated heterocycles. The molecule has 2 rings (SSSR count). The van der Waals surface area contributed by atoms with Crippen LogP contribution >= 0.6 is 35.3 Å². The number of halogens is 2. The van der Waals surface area contributed by atoms with Crippen LogP contribution in [0.25, 0.3) is 0 Å². The third-order valence-electron chi connectivity index (χ3n) is 3.99. The van der Waals surface area contributed by atoms with Gasteiger partial charge in [-0.2, -0.15) is 0 Å². The second-order valence-electron chi connectivity index (χ2n) is 6.42. The Morgan fingerprint density at radius 1 is 1.14 bits per heavy atom. The minimum atomic E-state index is -0.299. The summed E-state index contributed by atoms with van der Waals surface area (Å²) in [5.74, 6) is 0.835. The molecule has 3 N–H and O–H groups in total. The number of thiophene rings is 1. The molecule has 1 atom stereocenters. The quantitative estimate of drug-likeness (QED) is 0.207. The predicted molar refractivity (Wildman–Crippen MR) is 125 cm³/mol. The number of nitrogens with one attached hydrogen (secondary N) is 3. The van der Waals surface area contributed by atoms with Gasteiger partial charge in [-0.1, -0.05) is 25.1 Å².